The zero-order valence-electron chi connectivity index (χ0n) is 18.2. The first-order chi connectivity index (χ1) is 15.2. The van der Waals surface area contributed by atoms with Crippen LogP contribution in [0.5, 0.6) is 0 Å². The number of aromatic nitrogens is 2. The molecule has 0 atom stereocenters. The third kappa shape index (κ3) is 5.23. The number of benzene rings is 2. The van der Waals surface area contributed by atoms with E-state index in [4.69, 9.17) is 11.6 Å². The van der Waals surface area contributed by atoms with Crippen LogP contribution in [0.15, 0.2) is 59.6 Å². The number of nitrogens with one attached hydrogen (secondary N) is 2. The molecule has 4 aromatic rings. The summed E-state index contributed by atoms with van der Waals surface area (Å²) in [6.45, 7) is 8.08. The molecule has 4 rings (SSSR count). The number of amides is 1. The lowest BCUT2D eigenvalue weighted by atomic mass is 9.87. The quantitative estimate of drug-likeness (QED) is 0.229. The van der Waals surface area contributed by atoms with Crippen molar-refractivity contribution in [1.29, 1.82) is 0 Å². The van der Waals surface area contributed by atoms with Crippen LogP contribution in [0, 0.1) is 0 Å². The van der Waals surface area contributed by atoms with Gasteiger partial charge in [0.25, 0.3) is 0 Å². The molecular weight excluding hydrogens is 460 g/mol. The first-order valence-corrected chi connectivity index (χ1v) is 12.1. The molecule has 1 amide bonds. The molecule has 0 aliphatic carbocycles. The molecule has 0 saturated carbocycles. The second kappa shape index (κ2) is 9.10. The van der Waals surface area contributed by atoms with Gasteiger partial charge in [0.1, 0.15) is 0 Å². The Bertz CT molecular complexity index is 1280. The molecule has 2 heterocycles. The predicted molar refractivity (Wildman–Crippen MR) is 137 cm³/mol. The Morgan fingerprint density at radius 3 is 2.50 bits per heavy atom. The fourth-order valence-electron chi connectivity index (χ4n) is 3.12. The lowest BCUT2D eigenvalue weighted by Crippen LogP contribution is -2.10. The maximum atomic E-state index is 11.3. The summed E-state index contributed by atoms with van der Waals surface area (Å²) in [6.07, 6.45) is 1.76. The summed E-state index contributed by atoms with van der Waals surface area (Å²) in [5, 5.41) is 3.75. The van der Waals surface area contributed by atoms with Crippen LogP contribution in [0.2, 0.25) is 5.15 Å². The number of nitrogens with zero attached hydrogens (tertiary/aromatic N) is 2. The van der Waals surface area contributed by atoms with Gasteiger partial charge in [0.05, 0.1) is 15.9 Å². The van der Waals surface area contributed by atoms with Crippen LogP contribution < -0.4 is 10.0 Å². The monoisotopic (exact) mass is 482 g/mol. The predicted octanol–water partition coefficient (Wildman–Crippen LogP) is 7.39. The number of anilines is 2. The molecule has 8 heteroatoms. The van der Waals surface area contributed by atoms with Crippen molar-refractivity contribution in [2.45, 2.75) is 38.0 Å². The Morgan fingerprint density at radius 1 is 1.06 bits per heavy atom. The number of fused-ring (bicyclic) bond motifs is 1. The highest BCUT2D eigenvalue weighted by Gasteiger charge is 2.13. The Hall–Kier alpha value is -2.61. The van der Waals surface area contributed by atoms with Gasteiger partial charge in [-0.2, -0.15) is 0 Å². The molecule has 0 aliphatic heterocycles. The van der Waals surface area contributed by atoms with Crippen LogP contribution in [-0.2, 0) is 10.2 Å². The van der Waals surface area contributed by atoms with Gasteiger partial charge in [0.2, 0.25) is 5.91 Å². The number of carbonyl (C=O) groups is 1. The fourth-order valence-corrected chi connectivity index (χ4v) is 4.94. The second-order valence-corrected chi connectivity index (χ2v) is 10.7. The van der Waals surface area contributed by atoms with Crippen LogP contribution in [0.1, 0.15) is 33.3 Å². The molecular formula is C24H23ClN4OS2. The molecule has 0 saturated heterocycles. The maximum absolute atomic E-state index is 11.3. The minimum Gasteiger partial charge on any atom is -0.323 e. The van der Waals surface area contributed by atoms with Gasteiger partial charge in [0.15, 0.2) is 10.3 Å². The van der Waals surface area contributed by atoms with E-state index in [0.717, 1.165) is 31.9 Å². The minimum absolute atomic E-state index is 0.125. The largest absolute Gasteiger partial charge is 0.323 e. The number of hydrogen-bond acceptors (Lipinski definition) is 6. The third-order valence-corrected chi connectivity index (χ3v) is 6.91. The molecule has 2 aromatic carbocycles. The van der Waals surface area contributed by atoms with Crippen molar-refractivity contribution in [2.75, 3.05) is 10.0 Å². The van der Waals surface area contributed by atoms with Crippen LogP contribution in [0.25, 0.3) is 21.3 Å². The average molecular weight is 483 g/mol. The van der Waals surface area contributed by atoms with E-state index in [1.807, 2.05) is 24.3 Å². The van der Waals surface area contributed by atoms with E-state index in [1.165, 1.54) is 35.8 Å². The summed E-state index contributed by atoms with van der Waals surface area (Å²) in [7, 11) is 0. The molecule has 2 aromatic heterocycles. The molecule has 0 radical (unpaired) electrons. The summed E-state index contributed by atoms with van der Waals surface area (Å²) >= 11 is 9.29. The summed E-state index contributed by atoms with van der Waals surface area (Å²) in [5.74, 6) is -0.132. The Kier molecular flexibility index (Phi) is 6.42. The van der Waals surface area contributed by atoms with Crippen molar-refractivity contribution < 1.29 is 4.79 Å². The van der Waals surface area contributed by atoms with Gasteiger partial charge in [-0.15, -0.1) is 0 Å². The van der Waals surface area contributed by atoms with Crippen LogP contribution in [-0.4, -0.2) is 15.9 Å². The average Bonchev–Trinajstić information content (AvgIpc) is 3.13. The minimum atomic E-state index is -0.132. The molecule has 0 fully saturated rings. The van der Waals surface area contributed by atoms with Crippen LogP contribution >= 0.6 is 34.9 Å². The van der Waals surface area contributed by atoms with E-state index in [2.05, 4.69) is 65.0 Å². The number of halogens is 1. The molecule has 5 nitrogen and oxygen atoms in total. The van der Waals surface area contributed by atoms with Crippen LogP contribution in [0.4, 0.5) is 10.8 Å². The number of hydrogen-bond donors (Lipinski definition) is 2. The van der Waals surface area contributed by atoms with Crippen molar-refractivity contribution in [3.05, 3.63) is 65.4 Å². The summed E-state index contributed by atoms with van der Waals surface area (Å²) in [5.41, 5.74) is 4.96. The number of pyridine rings is 1. The van der Waals surface area contributed by atoms with Crippen molar-refractivity contribution in [3.63, 3.8) is 0 Å². The van der Waals surface area contributed by atoms with Gasteiger partial charge in [-0.3, -0.25) is 4.79 Å². The van der Waals surface area contributed by atoms with Gasteiger partial charge in [-0.1, -0.05) is 61.9 Å². The molecule has 164 valence electrons. The molecule has 32 heavy (non-hydrogen) atoms. The van der Waals surface area contributed by atoms with Crippen LogP contribution in [0.3, 0.4) is 0 Å². The molecule has 0 unspecified atom stereocenters. The van der Waals surface area contributed by atoms with Gasteiger partial charge in [0, 0.05) is 23.6 Å². The van der Waals surface area contributed by atoms with Crippen molar-refractivity contribution in [1.82, 2.24) is 9.97 Å². The van der Waals surface area contributed by atoms with E-state index in [-0.39, 0.29) is 11.3 Å². The second-order valence-electron chi connectivity index (χ2n) is 8.42. The number of thiazole rings is 1. The van der Waals surface area contributed by atoms with Gasteiger partial charge in [-0.05, 0) is 58.8 Å². The fraction of sp³-hybridized carbons (Fsp3) is 0.208. The topological polar surface area (TPSA) is 66.9 Å². The van der Waals surface area contributed by atoms with Gasteiger partial charge < -0.3 is 10.0 Å². The van der Waals surface area contributed by atoms with Crippen molar-refractivity contribution in [2.24, 2.45) is 0 Å². The van der Waals surface area contributed by atoms with Crippen molar-refractivity contribution >= 4 is 61.8 Å². The van der Waals surface area contributed by atoms with Crippen molar-refractivity contribution in [3.8, 4) is 11.1 Å². The summed E-state index contributed by atoms with van der Waals surface area (Å²) < 4.78 is 4.32. The Morgan fingerprint density at radius 2 is 1.81 bits per heavy atom. The normalized spacial score (nSPS) is 11.5. The zero-order chi connectivity index (χ0) is 22.9. The summed E-state index contributed by atoms with van der Waals surface area (Å²) in [4.78, 5) is 21.2. The molecule has 2 N–H and O–H groups in total. The summed E-state index contributed by atoms with van der Waals surface area (Å²) in [6, 6.07) is 16.5. The van der Waals surface area contributed by atoms with Gasteiger partial charge in [-0.25, -0.2) is 9.97 Å². The standard InChI is InChI=1S/C24H23ClN4OS2/c1-14(30)27-23-28-19-10-5-15(12-21(19)31-23)16-11-20(22(25)26-13-16)29-32-18-8-6-17(7-9-18)24(2,3)4/h5-13,29H,1-4H3,(H,27,28,30). The number of carbonyl (C=O) groups excluding carboxylic acids is 1. The highest BCUT2D eigenvalue weighted by atomic mass is 35.5. The highest BCUT2D eigenvalue weighted by Crippen LogP contribution is 2.34. The molecule has 0 aliphatic rings. The van der Waals surface area contributed by atoms with E-state index in [1.54, 1.807) is 6.20 Å². The van der Waals surface area contributed by atoms with E-state index < -0.39 is 0 Å². The smallest absolute Gasteiger partial charge is 0.223 e. The lowest BCUT2D eigenvalue weighted by Gasteiger charge is -2.19. The number of rotatable bonds is 5. The zero-order valence-corrected chi connectivity index (χ0v) is 20.6. The van der Waals surface area contributed by atoms with E-state index in [0.29, 0.717) is 10.3 Å². The Labute approximate surface area is 200 Å². The van der Waals surface area contributed by atoms with Gasteiger partial charge >= 0.3 is 0 Å². The first-order valence-electron chi connectivity index (χ1n) is 10.1. The molecule has 0 spiro atoms. The van der Waals surface area contributed by atoms with E-state index in [9.17, 15) is 4.79 Å². The molecule has 0 bridgehead atoms. The first kappa shape index (κ1) is 22.6. The maximum Gasteiger partial charge on any atom is 0.223 e. The SMILES string of the molecule is CC(=O)Nc1nc2ccc(-c3cnc(Cl)c(NSc4ccc(C(C)(C)C)cc4)c3)cc2s1. The Balaban J connectivity index is 1.54. The van der Waals surface area contributed by atoms with E-state index >= 15 is 0 Å². The third-order valence-electron chi connectivity index (χ3n) is 4.84. The highest BCUT2D eigenvalue weighted by molar-refractivity contribution is 8.00. The lowest BCUT2D eigenvalue weighted by molar-refractivity contribution is -0.114.